The van der Waals surface area contributed by atoms with E-state index in [0.717, 1.165) is 19.4 Å². The van der Waals surface area contributed by atoms with Gasteiger partial charge in [-0.1, -0.05) is 0 Å². The van der Waals surface area contributed by atoms with Crippen molar-refractivity contribution < 1.29 is 4.79 Å². The van der Waals surface area contributed by atoms with E-state index >= 15 is 0 Å². The lowest BCUT2D eigenvalue weighted by atomic mass is 10.2. The van der Waals surface area contributed by atoms with Crippen molar-refractivity contribution >= 4 is 60.5 Å². The molecule has 6 heteroatoms. The SMILES string of the molecule is Cc1cc(Br)c(NC(=O)c2cc(C)c(Br)s2)cc1N. The van der Waals surface area contributed by atoms with Gasteiger partial charge in [-0.3, -0.25) is 4.79 Å². The summed E-state index contributed by atoms with van der Waals surface area (Å²) in [5, 5.41) is 2.86. The van der Waals surface area contributed by atoms with Crippen LogP contribution in [0.2, 0.25) is 0 Å². The Hall–Kier alpha value is -0.850. The number of hydrogen-bond donors (Lipinski definition) is 2. The van der Waals surface area contributed by atoms with E-state index in [4.69, 9.17) is 5.73 Å². The number of halogens is 2. The fourth-order valence-electron chi connectivity index (χ4n) is 1.54. The van der Waals surface area contributed by atoms with E-state index in [2.05, 4.69) is 37.2 Å². The third kappa shape index (κ3) is 3.19. The largest absolute Gasteiger partial charge is 0.398 e. The van der Waals surface area contributed by atoms with E-state index in [9.17, 15) is 4.79 Å². The van der Waals surface area contributed by atoms with Crippen LogP contribution in [0.25, 0.3) is 0 Å². The number of amides is 1. The molecule has 0 spiro atoms. The van der Waals surface area contributed by atoms with Crippen LogP contribution in [0.5, 0.6) is 0 Å². The second kappa shape index (κ2) is 5.64. The number of nitrogens with one attached hydrogen (secondary N) is 1. The number of nitrogen functional groups attached to an aromatic ring is 1. The molecule has 3 nitrogen and oxygen atoms in total. The van der Waals surface area contributed by atoms with Crippen LogP contribution in [-0.2, 0) is 0 Å². The Morgan fingerprint density at radius 1 is 1.21 bits per heavy atom. The summed E-state index contributed by atoms with van der Waals surface area (Å²) in [5.41, 5.74) is 9.21. The van der Waals surface area contributed by atoms with E-state index in [1.54, 1.807) is 6.07 Å². The Morgan fingerprint density at radius 2 is 1.89 bits per heavy atom. The van der Waals surface area contributed by atoms with Crippen molar-refractivity contribution in [3.63, 3.8) is 0 Å². The first-order chi connectivity index (χ1) is 8.88. The molecule has 2 aromatic rings. The van der Waals surface area contributed by atoms with Crippen LogP contribution >= 0.6 is 43.2 Å². The molecule has 100 valence electrons. The van der Waals surface area contributed by atoms with Gasteiger partial charge in [0.2, 0.25) is 0 Å². The molecule has 3 N–H and O–H groups in total. The average Bonchev–Trinajstić information content (AvgIpc) is 2.67. The highest BCUT2D eigenvalue weighted by atomic mass is 79.9. The van der Waals surface area contributed by atoms with E-state index in [1.807, 2.05) is 26.0 Å². The molecule has 0 aliphatic heterocycles. The van der Waals surface area contributed by atoms with E-state index in [1.165, 1.54) is 11.3 Å². The molecule has 0 radical (unpaired) electrons. The Kier molecular flexibility index (Phi) is 4.32. The smallest absolute Gasteiger partial charge is 0.265 e. The summed E-state index contributed by atoms with van der Waals surface area (Å²) in [6, 6.07) is 5.50. The van der Waals surface area contributed by atoms with Gasteiger partial charge in [-0.2, -0.15) is 0 Å². The lowest BCUT2D eigenvalue weighted by Gasteiger charge is -2.09. The van der Waals surface area contributed by atoms with Gasteiger partial charge in [0.05, 0.1) is 14.4 Å². The molecule has 1 aromatic carbocycles. The van der Waals surface area contributed by atoms with Crippen LogP contribution in [0.15, 0.2) is 26.5 Å². The van der Waals surface area contributed by atoms with Crippen LogP contribution in [-0.4, -0.2) is 5.91 Å². The van der Waals surface area contributed by atoms with Crippen molar-refractivity contribution in [3.05, 3.63) is 42.5 Å². The van der Waals surface area contributed by atoms with E-state index in [0.29, 0.717) is 16.3 Å². The first kappa shape index (κ1) is 14.6. The van der Waals surface area contributed by atoms with Crippen molar-refractivity contribution in [1.82, 2.24) is 0 Å². The van der Waals surface area contributed by atoms with Gasteiger partial charge in [-0.15, -0.1) is 11.3 Å². The second-order valence-corrected chi connectivity index (χ2v) is 7.43. The lowest BCUT2D eigenvalue weighted by Crippen LogP contribution is -2.11. The van der Waals surface area contributed by atoms with Gasteiger partial charge in [0.15, 0.2) is 0 Å². The Bertz CT molecular complexity index is 633. The topological polar surface area (TPSA) is 55.1 Å². The second-order valence-electron chi connectivity index (χ2n) is 4.21. The number of anilines is 2. The number of thiophene rings is 1. The highest BCUT2D eigenvalue weighted by Crippen LogP contribution is 2.31. The van der Waals surface area contributed by atoms with Crippen LogP contribution in [0, 0.1) is 13.8 Å². The molecule has 1 amide bonds. The van der Waals surface area contributed by atoms with Gasteiger partial charge in [0.1, 0.15) is 0 Å². The molecule has 0 saturated carbocycles. The summed E-state index contributed by atoms with van der Waals surface area (Å²) in [6.07, 6.45) is 0. The molecule has 0 unspecified atom stereocenters. The lowest BCUT2D eigenvalue weighted by molar-refractivity contribution is 0.103. The van der Waals surface area contributed by atoms with Crippen molar-refractivity contribution in [3.8, 4) is 0 Å². The standard InChI is InChI=1S/C13H12Br2N2OS/c1-6-3-8(14)10(5-9(6)16)17-13(18)11-4-7(2)12(15)19-11/h3-5H,16H2,1-2H3,(H,17,18). The minimum Gasteiger partial charge on any atom is -0.398 e. The summed E-state index contributed by atoms with van der Waals surface area (Å²) in [7, 11) is 0. The molecular formula is C13H12Br2N2OS. The van der Waals surface area contributed by atoms with E-state index < -0.39 is 0 Å². The van der Waals surface area contributed by atoms with Crippen molar-refractivity contribution in [2.75, 3.05) is 11.1 Å². The van der Waals surface area contributed by atoms with Gasteiger partial charge >= 0.3 is 0 Å². The first-order valence-corrected chi connectivity index (χ1v) is 7.91. The zero-order valence-corrected chi connectivity index (χ0v) is 14.4. The number of hydrogen-bond acceptors (Lipinski definition) is 3. The maximum Gasteiger partial charge on any atom is 0.265 e. The highest BCUT2D eigenvalue weighted by Gasteiger charge is 2.13. The quantitative estimate of drug-likeness (QED) is 0.712. The number of carbonyl (C=O) groups excluding carboxylic acids is 1. The average molecular weight is 404 g/mol. The number of aryl methyl sites for hydroxylation is 2. The minimum atomic E-state index is -0.136. The van der Waals surface area contributed by atoms with Gasteiger partial charge in [-0.25, -0.2) is 0 Å². The Morgan fingerprint density at radius 3 is 2.47 bits per heavy atom. The number of nitrogens with two attached hydrogens (primary N) is 1. The molecule has 1 aromatic heterocycles. The van der Waals surface area contributed by atoms with Crippen LogP contribution in [0.1, 0.15) is 20.8 Å². The predicted molar refractivity (Wildman–Crippen MR) is 88.0 cm³/mol. The fraction of sp³-hybridized carbons (Fsp3) is 0.154. The van der Waals surface area contributed by atoms with Crippen molar-refractivity contribution in [1.29, 1.82) is 0 Å². The van der Waals surface area contributed by atoms with Gasteiger partial charge in [0, 0.05) is 10.2 Å². The zero-order chi connectivity index (χ0) is 14.2. The van der Waals surface area contributed by atoms with Gasteiger partial charge in [0.25, 0.3) is 5.91 Å². The van der Waals surface area contributed by atoms with Gasteiger partial charge < -0.3 is 11.1 Å². The normalized spacial score (nSPS) is 10.5. The van der Waals surface area contributed by atoms with Crippen molar-refractivity contribution in [2.24, 2.45) is 0 Å². The molecule has 0 aliphatic carbocycles. The molecule has 0 bridgehead atoms. The summed E-state index contributed by atoms with van der Waals surface area (Å²) < 4.78 is 1.79. The Labute approximate surface area is 132 Å². The number of benzene rings is 1. The molecule has 0 saturated heterocycles. The first-order valence-electron chi connectivity index (χ1n) is 5.51. The molecule has 1 heterocycles. The highest BCUT2D eigenvalue weighted by molar-refractivity contribution is 9.11. The minimum absolute atomic E-state index is 0.136. The third-order valence-electron chi connectivity index (χ3n) is 2.68. The maximum absolute atomic E-state index is 12.1. The molecule has 19 heavy (non-hydrogen) atoms. The molecule has 0 aliphatic rings. The van der Waals surface area contributed by atoms with Crippen LogP contribution in [0.4, 0.5) is 11.4 Å². The van der Waals surface area contributed by atoms with Gasteiger partial charge in [-0.05, 0) is 75.0 Å². The monoisotopic (exact) mass is 402 g/mol. The van der Waals surface area contributed by atoms with Crippen LogP contribution in [0.3, 0.4) is 0 Å². The third-order valence-corrected chi connectivity index (χ3v) is 5.48. The Balaban J connectivity index is 2.26. The number of rotatable bonds is 2. The summed E-state index contributed by atoms with van der Waals surface area (Å²) in [6.45, 7) is 3.88. The maximum atomic E-state index is 12.1. The van der Waals surface area contributed by atoms with Crippen molar-refractivity contribution in [2.45, 2.75) is 13.8 Å². The molecule has 0 fully saturated rings. The number of carbonyl (C=O) groups is 1. The van der Waals surface area contributed by atoms with Crippen LogP contribution < -0.4 is 11.1 Å². The molecular weight excluding hydrogens is 392 g/mol. The summed E-state index contributed by atoms with van der Waals surface area (Å²) >= 11 is 8.25. The predicted octanol–water partition coefficient (Wildman–Crippen LogP) is 4.72. The summed E-state index contributed by atoms with van der Waals surface area (Å²) in [4.78, 5) is 12.8. The zero-order valence-electron chi connectivity index (χ0n) is 10.4. The fourth-order valence-corrected chi connectivity index (χ4v) is 3.53. The molecule has 0 atom stereocenters. The summed E-state index contributed by atoms with van der Waals surface area (Å²) in [5.74, 6) is -0.136. The van der Waals surface area contributed by atoms with E-state index in [-0.39, 0.29) is 5.91 Å². The molecule has 2 rings (SSSR count).